The lowest BCUT2D eigenvalue weighted by Crippen LogP contribution is -2.29. The predicted octanol–water partition coefficient (Wildman–Crippen LogP) is 0.738. The summed E-state index contributed by atoms with van der Waals surface area (Å²) >= 11 is 0. The average Bonchev–Trinajstić information content (AvgIpc) is 2.04. The molecule has 0 amide bonds. The minimum absolute atomic E-state index is 0.441. The van der Waals surface area contributed by atoms with Crippen LogP contribution in [-0.2, 0) is 10.0 Å². The minimum Gasteiger partial charge on any atom is -0.211 e. The second-order valence-electron chi connectivity index (χ2n) is 2.67. The van der Waals surface area contributed by atoms with E-state index in [1.165, 1.54) is 11.4 Å². The monoisotopic (exact) mass is 202 g/mol. The standard InChI is InChI=1S/C8H14N2O2S/c1-3-4-5-7-10(2)13(11,12)8-6-9/h3H,1,4-5,7-8H2,2H3. The molecular formula is C8H14N2O2S. The summed E-state index contributed by atoms with van der Waals surface area (Å²) in [6, 6.07) is 1.63. The molecule has 0 spiro atoms. The van der Waals surface area contributed by atoms with Crippen molar-refractivity contribution in [1.29, 1.82) is 5.26 Å². The fourth-order valence-electron chi connectivity index (χ4n) is 0.789. The molecule has 0 aliphatic rings. The van der Waals surface area contributed by atoms with Crippen LogP contribution < -0.4 is 0 Å². The van der Waals surface area contributed by atoms with Gasteiger partial charge in [-0.2, -0.15) is 5.26 Å². The lowest BCUT2D eigenvalue weighted by atomic mass is 10.3. The number of hydrogen-bond acceptors (Lipinski definition) is 3. The number of nitrogens with zero attached hydrogens (tertiary/aromatic N) is 2. The molecule has 0 saturated carbocycles. The van der Waals surface area contributed by atoms with Gasteiger partial charge >= 0.3 is 0 Å². The Hall–Kier alpha value is -0.860. The van der Waals surface area contributed by atoms with Crippen molar-refractivity contribution in [2.75, 3.05) is 19.3 Å². The molecule has 0 unspecified atom stereocenters. The Morgan fingerprint density at radius 3 is 2.69 bits per heavy atom. The highest BCUT2D eigenvalue weighted by Crippen LogP contribution is 2.00. The van der Waals surface area contributed by atoms with Gasteiger partial charge in [0.1, 0.15) is 0 Å². The van der Waals surface area contributed by atoms with Crippen LogP contribution in [0.3, 0.4) is 0 Å². The molecule has 0 rings (SSSR count). The molecular weight excluding hydrogens is 188 g/mol. The maximum absolute atomic E-state index is 11.2. The van der Waals surface area contributed by atoms with Crippen molar-refractivity contribution in [2.45, 2.75) is 12.8 Å². The highest BCUT2D eigenvalue weighted by atomic mass is 32.2. The van der Waals surface area contributed by atoms with E-state index in [9.17, 15) is 8.42 Å². The fraction of sp³-hybridized carbons (Fsp3) is 0.625. The first kappa shape index (κ1) is 12.1. The van der Waals surface area contributed by atoms with Crippen LogP contribution in [0.1, 0.15) is 12.8 Å². The molecule has 0 atom stereocenters. The molecule has 0 aliphatic heterocycles. The average molecular weight is 202 g/mol. The van der Waals surface area contributed by atoms with E-state index >= 15 is 0 Å². The summed E-state index contributed by atoms with van der Waals surface area (Å²) in [4.78, 5) is 0. The maximum atomic E-state index is 11.2. The normalized spacial score (nSPS) is 11.2. The van der Waals surface area contributed by atoms with Crippen LogP contribution in [-0.4, -0.2) is 32.1 Å². The van der Waals surface area contributed by atoms with E-state index in [-0.39, 0.29) is 0 Å². The molecule has 0 aliphatic carbocycles. The number of hydrogen-bond donors (Lipinski definition) is 0. The molecule has 13 heavy (non-hydrogen) atoms. The van der Waals surface area contributed by atoms with Crippen LogP contribution in [0.2, 0.25) is 0 Å². The molecule has 4 nitrogen and oxygen atoms in total. The molecule has 74 valence electrons. The highest BCUT2D eigenvalue weighted by molar-refractivity contribution is 7.89. The zero-order valence-corrected chi connectivity index (χ0v) is 8.55. The molecule has 0 aromatic rings. The van der Waals surface area contributed by atoms with E-state index in [0.717, 1.165) is 12.8 Å². The van der Waals surface area contributed by atoms with Gasteiger partial charge in [-0.3, -0.25) is 0 Å². The second-order valence-corrected chi connectivity index (χ2v) is 4.74. The molecule has 0 bridgehead atoms. The van der Waals surface area contributed by atoms with E-state index in [0.29, 0.717) is 6.54 Å². The summed E-state index contributed by atoms with van der Waals surface area (Å²) in [6.45, 7) is 3.98. The third-order valence-corrected chi connectivity index (χ3v) is 3.23. The largest absolute Gasteiger partial charge is 0.227 e. The number of rotatable bonds is 6. The van der Waals surface area contributed by atoms with E-state index < -0.39 is 15.8 Å². The molecule has 0 fully saturated rings. The third-order valence-electron chi connectivity index (χ3n) is 1.60. The summed E-state index contributed by atoms with van der Waals surface area (Å²) in [6.07, 6.45) is 3.27. The van der Waals surface area contributed by atoms with Gasteiger partial charge in [0.2, 0.25) is 10.0 Å². The highest BCUT2D eigenvalue weighted by Gasteiger charge is 2.15. The molecule has 0 N–H and O–H groups in total. The lowest BCUT2D eigenvalue weighted by molar-refractivity contribution is 0.465. The predicted molar refractivity (Wildman–Crippen MR) is 51.5 cm³/mol. The SMILES string of the molecule is C=CCCCN(C)S(=O)(=O)CC#N. The van der Waals surface area contributed by atoms with Crippen molar-refractivity contribution >= 4 is 10.0 Å². The Kier molecular flexibility index (Phi) is 5.35. The van der Waals surface area contributed by atoms with Crippen molar-refractivity contribution in [1.82, 2.24) is 4.31 Å². The first-order chi connectivity index (χ1) is 6.04. The number of sulfonamides is 1. The molecule has 0 aromatic carbocycles. The van der Waals surface area contributed by atoms with Gasteiger partial charge in [-0.15, -0.1) is 6.58 Å². The lowest BCUT2D eigenvalue weighted by Gasteiger charge is -2.13. The van der Waals surface area contributed by atoms with Crippen LogP contribution in [0, 0.1) is 11.3 Å². The van der Waals surface area contributed by atoms with E-state index in [2.05, 4.69) is 6.58 Å². The number of nitriles is 1. The first-order valence-electron chi connectivity index (χ1n) is 3.96. The van der Waals surface area contributed by atoms with Crippen LogP contribution >= 0.6 is 0 Å². The topological polar surface area (TPSA) is 61.2 Å². The molecule has 5 heteroatoms. The maximum Gasteiger partial charge on any atom is 0.227 e. The van der Waals surface area contributed by atoms with Crippen LogP contribution in [0.4, 0.5) is 0 Å². The third kappa shape index (κ3) is 4.65. The molecule has 0 heterocycles. The van der Waals surface area contributed by atoms with Gasteiger partial charge in [0.25, 0.3) is 0 Å². The summed E-state index contributed by atoms with van der Waals surface area (Å²) in [5.74, 6) is -0.447. The Bertz CT molecular complexity index is 290. The molecule has 0 saturated heterocycles. The number of allylic oxidation sites excluding steroid dienone is 1. The molecule has 0 radical (unpaired) electrons. The van der Waals surface area contributed by atoms with Gasteiger partial charge in [0, 0.05) is 13.6 Å². The van der Waals surface area contributed by atoms with Crippen LogP contribution in [0.15, 0.2) is 12.7 Å². The quantitative estimate of drug-likeness (QED) is 0.471. The second kappa shape index (κ2) is 5.73. The summed E-state index contributed by atoms with van der Waals surface area (Å²) in [5.41, 5.74) is 0. The Morgan fingerprint density at radius 2 is 2.23 bits per heavy atom. The van der Waals surface area contributed by atoms with Crippen molar-refractivity contribution < 1.29 is 8.42 Å². The van der Waals surface area contributed by atoms with Gasteiger partial charge < -0.3 is 0 Å². The van der Waals surface area contributed by atoms with Gasteiger partial charge in [-0.1, -0.05) is 6.08 Å². The van der Waals surface area contributed by atoms with E-state index in [1.807, 2.05) is 0 Å². The van der Waals surface area contributed by atoms with Crippen molar-refractivity contribution in [2.24, 2.45) is 0 Å². The Balaban J connectivity index is 4.03. The van der Waals surface area contributed by atoms with Crippen LogP contribution in [0.5, 0.6) is 0 Å². The summed E-state index contributed by atoms with van der Waals surface area (Å²) < 4.78 is 23.6. The molecule has 0 aromatic heterocycles. The Morgan fingerprint density at radius 1 is 1.62 bits per heavy atom. The van der Waals surface area contributed by atoms with Gasteiger partial charge in [0.15, 0.2) is 5.75 Å². The first-order valence-corrected chi connectivity index (χ1v) is 5.57. The van der Waals surface area contributed by atoms with Gasteiger partial charge in [-0.05, 0) is 12.8 Å². The zero-order chi connectivity index (χ0) is 10.3. The summed E-state index contributed by atoms with van der Waals surface area (Å²) in [5, 5.41) is 8.25. The van der Waals surface area contributed by atoms with Crippen molar-refractivity contribution in [3.05, 3.63) is 12.7 Å². The number of unbranched alkanes of at least 4 members (excludes halogenated alkanes) is 1. The van der Waals surface area contributed by atoms with E-state index in [4.69, 9.17) is 5.26 Å². The zero-order valence-electron chi connectivity index (χ0n) is 7.73. The smallest absolute Gasteiger partial charge is 0.211 e. The van der Waals surface area contributed by atoms with Gasteiger partial charge in [-0.25, -0.2) is 12.7 Å². The van der Waals surface area contributed by atoms with Crippen LogP contribution in [0.25, 0.3) is 0 Å². The van der Waals surface area contributed by atoms with Crippen molar-refractivity contribution in [3.8, 4) is 6.07 Å². The van der Waals surface area contributed by atoms with Gasteiger partial charge in [0.05, 0.1) is 6.07 Å². The summed E-state index contributed by atoms with van der Waals surface area (Å²) in [7, 11) is -1.87. The minimum atomic E-state index is -3.35. The fourth-order valence-corrected chi connectivity index (χ4v) is 1.58. The van der Waals surface area contributed by atoms with Crippen molar-refractivity contribution in [3.63, 3.8) is 0 Å². The van der Waals surface area contributed by atoms with E-state index in [1.54, 1.807) is 12.1 Å². The Labute approximate surface area is 79.5 Å².